The van der Waals surface area contributed by atoms with Gasteiger partial charge >= 0.3 is 0 Å². The molecule has 0 spiro atoms. The van der Waals surface area contributed by atoms with Crippen LogP contribution in [0.4, 0.5) is 0 Å². The zero-order valence-electron chi connectivity index (χ0n) is 16.8. The van der Waals surface area contributed by atoms with Crippen LogP contribution in [0, 0.1) is 5.92 Å². The van der Waals surface area contributed by atoms with E-state index in [1.807, 2.05) is 25.1 Å². The molecule has 0 radical (unpaired) electrons. The summed E-state index contributed by atoms with van der Waals surface area (Å²) in [6, 6.07) is 14.4. The van der Waals surface area contributed by atoms with Gasteiger partial charge in [-0.25, -0.2) is 8.42 Å². The summed E-state index contributed by atoms with van der Waals surface area (Å²) in [7, 11) is -3.22. The topological polar surface area (TPSA) is 66.5 Å². The lowest BCUT2D eigenvalue weighted by Gasteiger charge is -2.32. The number of amides is 1. The van der Waals surface area contributed by atoms with E-state index in [2.05, 4.69) is 16.3 Å². The van der Waals surface area contributed by atoms with Crippen LogP contribution in [0.5, 0.6) is 0 Å². The van der Waals surface area contributed by atoms with E-state index < -0.39 is 9.84 Å². The molecule has 0 aliphatic carbocycles. The van der Waals surface area contributed by atoms with Crippen molar-refractivity contribution in [2.45, 2.75) is 37.2 Å². The number of piperidine rings is 1. The molecule has 2 aromatic rings. The predicted molar refractivity (Wildman–Crippen MR) is 116 cm³/mol. The molecule has 1 heterocycles. The Morgan fingerprint density at radius 3 is 2.41 bits per heavy atom. The van der Waals surface area contributed by atoms with E-state index >= 15 is 0 Å². The Morgan fingerprint density at radius 2 is 1.83 bits per heavy atom. The predicted octanol–water partition coefficient (Wildman–Crippen LogP) is 3.83. The van der Waals surface area contributed by atoms with Crippen LogP contribution in [-0.4, -0.2) is 38.6 Å². The van der Waals surface area contributed by atoms with Crippen molar-refractivity contribution in [3.63, 3.8) is 0 Å². The normalized spacial score (nSPS) is 17.1. The lowest BCUT2D eigenvalue weighted by Crippen LogP contribution is -2.40. The van der Waals surface area contributed by atoms with E-state index in [-0.39, 0.29) is 22.8 Å². The fourth-order valence-corrected chi connectivity index (χ4v) is 4.51. The Morgan fingerprint density at radius 1 is 1.17 bits per heavy atom. The number of sulfone groups is 1. The molecule has 0 aromatic heterocycles. The van der Waals surface area contributed by atoms with Crippen LogP contribution in [-0.2, 0) is 21.2 Å². The van der Waals surface area contributed by atoms with Crippen LogP contribution >= 0.6 is 11.6 Å². The largest absolute Gasteiger partial charge is 0.349 e. The molecule has 0 saturated carbocycles. The average molecular weight is 435 g/mol. The fourth-order valence-electron chi connectivity index (χ4n) is 3.67. The van der Waals surface area contributed by atoms with E-state index in [9.17, 15) is 13.2 Å². The number of benzene rings is 2. The molecule has 3 rings (SSSR count). The smallest absolute Gasteiger partial charge is 0.223 e. The summed E-state index contributed by atoms with van der Waals surface area (Å²) in [6.07, 6.45) is 2.84. The number of carbonyl (C=O) groups excluding carboxylic acids is 1. The molecule has 0 bridgehead atoms. The molecule has 156 valence electrons. The second kappa shape index (κ2) is 9.28. The zero-order chi connectivity index (χ0) is 21.0. The average Bonchev–Trinajstić information content (AvgIpc) is 2.68. The van der Waals surface area contributed by atoms with Crippen LogP contribution in [0.2, 0.25) is 5.02 Å². The van der Waals surface area contributed by atoms with Crippen molar-refractivity contribution in [3.8, 4) is 0 Å². The first kappa shape index (κ1) is 21.8. The molecule has 1 amide bonds. The van der Waals surface area contributed by atoms with Gasteiger partial charge in [0.25, 0.3) is 0 Å². The van der Waals surface area contributed by atoms with E-state index in [1.165, 1.54) is 11.8 Å². The van der Waals surface area contributed by atoms with Crippen LogP contribution < -0.4 is 5.32 Å². The van der Waals surface area contributed by atoms with Crippen molar-refractivity contribution in [1.29, 1.82) is 0 Å². The maximum Gasteiger partial charge on any atom is 0.223 e. The van der Waals surface area contributed by atoms with Crippen molar-refractivity contribution in [2.24, 2.45) is 5.92 Å². The van der Waals surface area contributed by atoms with Gasteiger partial charge in [-0.1, -0.05) is 35.9 Å². The molecule has 1 fully saturated rings. The molecule has 7 heteroatoms. The Labute approximate surface area is 178 Å². The van der Waals surface area contributed by atoms with E-state index in [0.717, 1.165) is 43.1 Å². The van der Waals surface area contributed by atoms with Crippen LogP contribution in [0.3, 0.4) is 0 Å². The summed E-state index contributed by atoms with van der Waals surface area (Å²) >= 11 is 6.06. The van der Waals surface area contributed by atoms with Crippen LogP contribution in [0.15, 0.2) is 53.4 Å². The third kappa shape index (κ3) is 6.04. The van der Waals surface area contributed by atoms with Gasteiger partial charge in [0.15, 0.2) is 9.84 Å². The highest BCUT2D eigenvalue weighted by molar-refractivity contribution is 7.90. The van der Waals surface area contributed by atoms with Crippen molar-refractivity contribution < 1.29 is 13.2 Å². The standard InChI is InChI=1S/C22H27ClN2O3S/c1-16(18-6-8-21(9-7-18)29(2,27)28)24-22(26)19-10-12-25(13-11-19)15-17-4-3-5-20(23)14-17/h3-9,14,16,19H,10-13,15H2,1-2H3,(H,24,26)/t16-/m1/s1. The summed E-state index contributed by atoms with van der Waals surface area (Å²) in [4.78, 5) is 15.3. The summed E-state index contributed by atoms with van der Waals surface area (Å²) in [5.74, 6) is 0.0652. The number of nitrogens with zero attached hydrogens (tertiary/aromatic N) is 1. The third-order valence-electron chi connectivity index (χ3n) is 5.42. The van der Waals surface area contributed by atoms with E-state index in [1.54, 1.807) is 24.3 Å². The number of carbonyl (C=O) groups is 1. The zero-order valence-corrected chi connectivity index (χ0v) is 18.3. The number of likely N-dealkylation sites (tertiary alicyclic amines) is 1. The molecule has 1 aliphatic heterocycles. The monoisotopic (exact) mass is 434 g/mol. The van der Waals surface area contributed by atoms with Gasteiger partial charge in [-0.05, 0) is 68.2 Å². The third-order valence-corrected chi connectivity index (χ3v) is 6.78. The van der Waals surface area contributed by atoms with Gasteiger partial charge in [0.1, 0.15) is 0 Å². The van der Waals surface area contributed by atoms with E-state index in [0.29, 0.717) is 0 Å². The Bertz CT molecular complexity index is 952. The minimum atomic E-state index is -3.22. The van der Waals surface area contributed by atoms with Gasteiger partial charge in [0, 0.05) is 23.7 Å². The molecular weight excluding hydrogens is 408 g/mol. The lowest BCUT2D eigenvalue weighted by molar-refractivity contribution is -0.127. The molecule has 1 N–H and O–H groups in total. The second-order valence-electron chi connectivity index (χ2n) is 7.75. The molecule has 0 unspecified atom stereocenters. The summed E-state index contributed by atoms with van der Waals surface area (Å²) in [5.41, 5.74) is 2.08. The van der Waals surface area contributed by atoms with Gasteiger partial charge in [-0.2, -0.15) is 0 Å². The molecule has 1 atom stereocenters. The summed E-state index contributed by atoms with van der Waals surface area (Å²) < 4.78 is 23.2. The van der Waals surface area contributed by atoms with Gasteiger partial charge in [-0.3, -0.25) is 9.69 Å². The van der Waals surface area contributed by atoms with Crippen molar-refractivity contribution >= 4 is 27.3 Å². The number of hydrogen-bond acceptors (Lipinski definition) is 4. The second-order valence-corrected chi connectivity index (χ2v) is 10.2. The number of nitrogens with one attached hydrogen (secondary N) is 1. The van der Waals surface area contributed by atoms with Gasteiger partial charge < -0.3 is 5.32 Å². The molecular formula is C22H27ClN2O3S. The highest BCUT2D eigenvalue weighted by Gasteiger charge is 2.26. The minimum Gasteiger partial charge on any atom is -0.349 e. The Balaban J connectivity index is 1.50. The molecule has 5 nitrogen and oxygen atoms in total. The maximum atomic E-state index is 12.7. The quantitative estimate of drug-likeness (QED) is 0.750. The molecule has 1 aliphatic rings. The van der Waals surface area contributed by atoms with E-state index in [4.69, 9.17) is 11.6 Å². The number of hydrogen-bond donors (Lipinski definition) is 1. The lowest BCUT2D eigenvalue weighted by atomic mass is 9.95. The number of rotatable bonds is 6. The van der Waals surface area contributed by atoms with Crippen molar-refractivity contribution in [2.75, 3.05) is 19.3 Å². The first-order valence-electron chi connectivity index (χ1n) is 9.79. The molecule has 1 saturated heterocycles. The Hall–Kier alpha value is -1.89. The van der Waals surface area contributed by atoms with Crippen molar-refractivity contribution in [1.82, 2.24) is 10.2 Å². The van der Waals surface area contributed by atoms with Crippen LogP contribution in [0.1, 0.15) is 36.9 Å². The first-order valence-corrected chi connectivity index (χ1v) is 12.1. The fraction of sp³-hybridized carbons (Fsp3) is 0.409. The SMILES string of the molecule is C[C@@H](NC(=O)C1CCN(Cc2cccc(Cl)c2)CC1)c1ccc(S(C)(=O)=O)cc1. The van der Waals surface area contributed by atoms with Crippen LogP contribution in [0.25, 0.3) is 0 Å². The molecule has 2 aromatic carbocycles. The van der Waals surface area contributed by atoms with Gasteiger partial charge in [0.2, 0.25) is 5.91 Å². The van der Waals surface area contributed by atoms with Gasteiger partial charge in [-0.15, -0.1) is 0 Å². The minimum absolute atomic E-state index is 0.00311. The first-order chi connectivity index (χ1) is 13.7. The Kier molecular flexibility index (Phi) is 6.98. The van der Waals surface area contributed by atoms with Crippen molar-refractivity contribution in [3.05, 3.63) is 64.7 Å². The molecule has 29 heavy (non-hydrogen) atoms. The van der Waals surface area contributed by atoms with Gasteiger partial charge in [0.05, 0.1) is 10.9 Å². The summed E-state index contributed by atoms with van der Waals surface area (Å²) in [6.45, 7) is 4.52. The number of halogens is 1. The highest BCUT2D eigenvalue weighted by atomic mass is 35.5. The highest BCUT2D eigenvalue weighted by Crippen LogP contribution is 2.22. The maximum absolute atomic E-state index is 12.7. The summed E-state index contributed by atoms with van der Waals surface area (Å²) in [5, 5.41) is 3.82.